The Morgan fingerprint density at radius 1 is 1.32 bits per heavy atom. The van der Waals surface area contributed by atoms with E-state index in [1.54, 1.807) is 0 Å². The summed E-state index contributed by atoms with van der Waals surface area (Å²) in [4.78, 5) is 11.0. The highest BCUT2D eigenvalue weighted by molar-refractivity contribution is 5.28. The van der Waals surface area contributed by atoms with E-state index in [0.717, 1.165) is 57.2 Å². The van der Waals surface area contributed by atoms with Gasteiger partial charge in [0.15, 0.2) is 0 Å². The smallest absolute Gasteiger partial charge is 0.225 e. The van der Waals surface area contributed by atoms with Crippen molar-refractivity contribution in [3.8, 4) is 0 Å². The van der Waals surface area contributed by atoms with Crippen LogP contribution in [-0.4, -0.2) is 43.3 Å². The number of nitrogens with one attached hydrogen (secondary N) is 1. The summed E-state index contributed by atoms with van der Waals surface area (Å²) in [6, 6.07) is 0. The van der Waals surface area contributed by atoms with Gasteiger partial charge < -0.3 is 15.0 Å². The van der Waals surface area contributed by atoms with Crippen molar-refractivity contribution in [3.63, 3.8) is 0 Å². The van der Waals surface area contributed by atoms with Gasteiger partial charge >= 0.3 is 0 Å². The maximum absolute atomic E-state index is 5.38. The van der Waals surface area contributed by atoms with Crippen molar-refractivity contribution in [2.75, 3.05) is 38.3 Å². The van der Waals surface area contributed by atoms with E-state index >= 15 is 0 Å². The molecule has 5 heteroatoms. The highest BCUT2D eigenvalue weighted by atomic mass is 16.5. The van der Waals surface area contributed by atoms with Crippen LogP contribution in [-0.2, 0) is 11.3 Å². The molecule has 0 atom stereocenters. The molecular formula is C14H24N4O. The third kappa shape index (κ3) is 4.44. The van der Waals surface area contributed by atoms with Gasteiger partial charge in [-0.15, -0.1) is 0 Å². The van der Waals surface area contributed by atoms with Crippen LogP contribution in [0.3, 0.4) is 0 Å². The molecular weight excluding hydrogens is 240 g/mol. The molecule has 19 heavy (non-hydrogen) atoms. The van der Waals surface area contributed by atoms with Crippen LogP contribution in [0.4, 0.5) is 5.95 Å². The van der Waals surface area contributed by atoms with E-state index < -0.39 is 0 Å². The van der Waals surface area contributed by atoms with Crippen LogP contribution in [0.1, 0.15) is 25.3 Å². The first-order chi connectivity index (χ1) is 9.29. The van der Waals surface area contributed by atoms with Gasteiger partial charge in [0, 0.05) is 51.3 Å². The SMILES string of the molecule is CCNCc1cnc(N(C)CC2CCOCC2)nc1. The lowest BCUT2D eigenvalue weighted by atomic mass is 10.0. The zero-order valence-corrected chi connectivity index (χ0v) is 11.9. The van der Waals surface area contributed by atoms with Crippen LogP contribution >= 0.6 is 0 Å². The van der Waals surface area contributed by atoms with Crippen molar-refractivity contribution >= 4 is 5.95 Å². The molecule has 1 aromatic heterocycles. The Bertz CT molecular complexity index is 362. The molecule has 0 amide bonds. The van der Waals surface area contributed by atoms with Crippen molar-refractivity contribution in [3.05, 3.63) is 18.0 Å². The summed E-state index contributed by atoms with van der Waals surface area (Å²) in [5.74, 6) is 1.51. The zero-order chi connectivity index (χ0) is 13.5. The average Bonchev–Trinajstić information content (AvgIpc) is 2.46. The Kier molecular flexibility index (Phi) is 5.54. The quantitative estimate of drug-likeness (QED) is 0.843. The first-order valence-corrected chi connectivity index (χ1v) is 7.10. The Hall–Kier alpha value is -1.20. The molecule has 0 spiro atoms. The minimum absolute atomic E-state index is 0.698. The maximum atomic E-state index is 5.38. The standard InChI is InChI=1S/C14H24N4O/c1-3-15-8-13-9-16-14(17-10-13)18(2)11-12-4-6-19-7-5-12/h9-10,12,15H,3-8,11H2,1-2H3. The molecule has 1 aliphatic rings. The number of nitrogens with zero attached hydrogens (tertiary/aromatic N) is 3. The second-order valence-corrected chi connectivity index (χ2v) is 5.11. The molecule has 0 bridgehead atoms. The van der Waals surface area contributed by atoms with E-state index in [2.05, 4.69) is 34.2 Å². The molecule has 1 aliphatic heterocycles. The Balaban J connectivity index is 1.85. The minimum Gasteiger partial charge on any atom is -0.381 e. The minimum atomic E-state index is 0.698. The van der Waals surface area contributed by atoms with Crippen molar-refractivity contribution in [1.82, 2.24) is 15.3 Å². The first-order valence-electron chi connectivity index (χ1n) is 7.10. The summed E-state index contributed by atoms with van der Waals surface area (Å²) < 4.78 is 5.38. The Morgan fingerprint density at radius 2 is 2.00 bits per heavy atom. The Labute approximate surface area is 115 Å². The molecule has 1 fully saturated rings. The molecule has 106 valence electrons. The van der Waals surface area contributed by atoms with Gasteiger partial charge in [-0.1, -0.05) is 6.92 Å². The summed E-state index contributed by atoms with van der Waals surface area (Å²) >= 11 is 0. The number of hydrogen-bond acceptors (Lipinski definition) is 5. The lowest BCUT2D eigenvalue weighted by Gasteiger charge is -2.27. The van der Waals surface area contributed by atoms with Crippen molar-refractivity contribution < 1.29 is 4.74 Å². The van der Waals surface area contributed by atoms with Crippen molar-refractivity contribution in [1.29, 1.82) is 0 Å². The van der Waals surface area contributed by atoms with Gasteiger partial charge in [-0.2, -0.15) is 0 Å². The molecule has 0 saturated carbocycles. The molecule has 1 aromatic rings. The van der Waals surface area contributed by atoms with E-state index in [1.165, 1.54) is 0 Å². The predicted molar refractivity (Wildman–Crippen MR) is 76.2 cm³/mol. The molecule has 1 saturated heterocycles. The molecule has 0 aromatic carbocycles. The second kappa shape index (κ2) is 7.40. The van der Waals surface area contributed by atoms with E-state index in [4.69, 9.17) is 4.74 Å². The van der Waals surface area contributed by atoms with E-state index in [1.807, 2.05) is 12.4 Å². The normalized spacial score (nSPS) is 16.5. The van der Waals surface area contributed by atoms with Crippen LogP contribution < -0.4 is 10.2 Å². The molecule has 0 aliphatic carbocycles. The van der Waals surface area contributed by atoms with Gasteiger partial charge in [0.05, 0.1) is 0 Å². The summed E-state index contributed by atoms with van der Waals surface area (Å²) in [5.41, 5.74) is 1.13. The fourth-order valence-corrected chi connectivity index (χ4v) is 2.30. The second-order valence-electron chi connectivity index (χ2n) is 5.11. The van der Waals surface area contributed by atoms with E-state index in [0.29, 0.717) is 5.92 Å². The first kappa shape index (κ1) is 14.2. The number of rotatable bonds is 6. The van der Waals surface area contributed by atoms with Gasteiger partial charge in [0.2, 0.25) is 5.95 Å². The average molecular weight is 264 g/mol. The van der Waals surface area contributed by atoms with Crippen molar-refractivity contribution in [2.45, 2.75) is 26.3 Å². The van der Waals surface area contributed by atoms with Gasteiger partial charge in [-0.05, 0) is 25.3 Å². The van der Waals surface area contributed by atoms with Crippen LogP contribution in [0.5, 0.6) is 0 Å². The maximum Gasteiger partial charge on any atom is 0.225 e. The lowest BCUT2D eigenvalue weighted by molar-refractivity contribution is 0.0684. The van der Waals surface area contributed by atoms with Gasteiger partial charge in [0.25, 0.3) is 0 Å². The number of anilines is 1. The van der Waals surface area contributed by atoms with Gasteiger partial charge in [-0.25, -0.2) is 9.97 Å². The van der Waals surface area contributed by atoms with Crippen LogP contribution in [0.15, 0.2) is 12.4 Å². The van der Waals surface area contributed by atoms with Crippen molar-refractivity contribution in [2.24, 2.45) is 5.92 Å². The summed E-state index contributed by atoms with van der Waals surface area (Å²) in [6.45, 7) is 6.68. The van der Waals surface area contributed by atoms with Crippen LogP contribution in [0.2, 0.25) is 0 Å². The number of hydrogen-bond donors (Lipinski definition) is 1. The monoisotopic (exact) mass is 264 g/mol. The summed E-state index contributed by atoms with van der Waals surface area (Å²) in [7, 11) is 2.06. The highest BCUT2D eigenvalue weighted by Gasteiger charge is 2.16. The molecule has 0 unspecified atom stereocenters. The molecule has 5 nitrogen and oxygen atoms in total. The lowest BCUT2D eigenvalue weighted by Crippen LogP contribution is -2.30. The summed E-state index contributed by atoms with van der Waals surface area (Å²) in [5, 5.41) is 3.27. The summed E-state index contributed by atoms with van der Waals surface area (Å²) in [6.07, 6.45) is 6.10. The van der Waals surface area contributed by atoms with Gasteiger partial charge in [0.1, 0.15) is 0 Å². The van der Waals surface area contributed by atoms with E-state index in [-0.39, 0.29) is 0 Å². The van der Waals surface area contributed by atoms with E-state index in [9.17, 15) is 0 Å². The largest absolute Gasteiger partial charge is 0.381 e. The fourth-order valence-electron chi connectivity index (χ4n) is 2.30. The third-order valence-electron chi connectivity index (χ3n) is 3.49. The molecule has 2 heterocycles. The number of ether oxygens (including phenoxy) is 1. The zero-order valence-electron chi connectivity index (χ0n) is 11.9. The Morgan fingerprint density at radius 3 is 2.63 bits per heavy atom. The van der Waals surface area contributed by atoms with Crippen LogP contribution in [0, 0.1) is 5.92 Å². The fraction of sp³-hybridized carbons (Fsp3) is 0.714. The third-order valence-corrected chi connectivity index (χ3v) is 3.49. The highest BCUT2D eigenvalue weighted by Crippen LogP contribution is 2.17. The van der Waals surface area contributed by atoms with Gasteiger partial charge in [-0.3, -0.25) is 0 Å². The molecule has 1 N–H and O–H groups in total. The number of aromatic nitrogens is 2. The molecule has 2 rings (SSSR count). The van der Waals surface area contributed by atoms with Crippen LogP contribution in [0.25, 0.3) is 0 Å². The topological polar surface area (TPSA) is 50.3 Å². The predicted octanol–water partition coefficient (Wildman–Crippen LogP) is 1.45. The molecule has 0 radical (unpaired) electrons.